The average molecular weight is 514 g/mol. The van der Waals surface area contributed by atoms with Crippen LogP contribution < -0.4 is 14.8 Å². The molecule has 3 aromatic rings. The van der Waals surface area contributed by atoms with Crippen LogP contribution in [-0.4, -0.2) is 33.5 Å². The van der Waals surface area contributed by atoms with Crippen LogP contribution >= 0.6 is 46.6 Å². The molecule has 0 bridgehead atoms. The van der Waals surface area contributed by atoms with Crippen LogP contribution in [0.15, 0.2) is 54.2 Å². The Morgan fingerprint density at radius 3 is 2.59 bits per heavy atom. The average Bonchev–Trinajstić information content (AvgIpc) is 3.16. The van der Waals surface area contributed by atoms with Gasteiger partial charge in [0.25, 0.3) is 0 Å². The van der Waals surface area contributed by atoms with Gasteiger partial charge in [0.2, 0.25) is 5.91 Å². The van der Waals surface area contributed by atoms with Crippen molar-refractivity contribution in [3.63, 3.8) is 0 Å². The fourth-order valence-electron chi connectivity index (χ4n) is 2.66. The third-order valence-electron chi connectivity index (χ3n) is 4.15. The molecule has 0 aliphatic heterocycles. The molecule has 0 fully saturated rings. The molecular weight excluding hydrogens is 495 g/mol. The maximum absolute atomic E-state index is 12.4. The van der Waals surface area contributed by atoms with Crippen LogP contribution in [0.5, 0.6) is 11.5 Å². The number of methoxy groups -OCH3 is 1. The zero-order valence-corrected chi connectivity index (χ0v) is 20.1. The van der Waals surface area contributed by atoms with Crippen LogP contribution in [-0.2, 0) is 17.9 Å². The number of hydrogen-bond donors (Lipinski definition) is 1. The highest BCUT2D eigenvalue weighted by Gasteiger charge is 2.16. The van der Waals surface area contributed by atoms with E-state index in [1.54, 1.807) is 19.3 Å². The second-order valence-corrected chi connectivity index (χ2v) is 8.48. The number of anilines is 1. The number of para-hydroxylation sites is 2. The number of aromatic nitrogens is 3. The van der Waals surface area contributed by atoms with E-state index in [4.69, 9.17) is 44.3 Å². The van der Waals surface area contributed by atoms with Gasteiger partial charge in [0.15, 0.2) is 22.5 Å². The summed E-state index contributed by atoms with van der Waals surface area (Å²) in [6.07, 6.45) is 1.72. The number of rotatable bonds is 10. The maximum Gasteiger partial charge on any atom is 0.234 e. The van der Waals surface area contributed by atoms with Crippen LogP contribution in [0.1, 0.15) is 5.82 Å². The number of allylic oxidation sites excluding steroid dienone is 1. The van der Waals surface area contributed by atoms with Crippen LogP contribution in [0, 0.1) is 0 Å². The van der Waals surface area contributed by atoms with Crippen molar-refractivity contribution in [1.29, 1.82) is 0 Å². The summed E-state index contributed by atoms with van der Waals surface area (Å²) in [5.74, 6) is 1.60. The first-order valence-corrected chi connectivity index (χ1v) is 11.4. The first kappa shape index (κ1) is 24.3. The Morgan fingerprint density at radius 2 is 1.88 bits per heavy atom. The molecule has 0 radical (unpaired) electrons. The molecule has 3 rings (SSSR count). The van der Waals surface area contributed by atoms with Gasteiger partial charge in [0.1, 0.15) is 6.61 Å². The summed E-state index contributed by atoms with van der Waals surface area (Å²) < 4.78 is 13.0. The molecule has 11 heteroatoms. The van der Waals surface area contributed by atoms with E-state index < -0.39 is 0 Å². The number of thioether (sulfide) groups is 1. The van der Waals surface area contributed by atoms with E-state index >= 15 is 0 Å². The molecule has 2 aromatic carbocycles. The molecular formula is C21H19Cl3N4O3S. The molecule has 0 aliphatic carbocycles. The number of amides is 1. The van der Waals surface area contributed by atoms with Gasteiger partial charge in [-0.15, -0.1) is 16.8 Å². The number of carbonyl (C=O) groups is 1. The Hall–Kier alpha value is -2.39. The van der Waals surface area contributed by atoms with E-state index in [1.807, 2.05) is 22.8 Å². The van der Waals surface area contributed by atoms with Crippen LogP contribution in [0.4, 0.5) is 5.69 Å². The third kappa shape index (κ3) is 6.10. The quantitative estimate of drug-likeness (QED) is 0.211. The number of nitrogens with zero attached hydrogens (tertiary/aromatic N) is 3. The Kier molecular flexibility index (Phi) is 8.69. The van der Waals surface area contributed by atoms with E-state index in [1.165, 1.54) is 23.9 Å². The van der Waals surface area contributed by atoms with Gasteiger partial charge in [-0.3, -0.25) is 9.36 Å². The fourth-order valence-corrected chi connectivity index (χ4v) is 4.02. The van der Waals surface area contributed by atoms with E-state index in [0.717, 1.165) is 0 Å². The van der Waals surface area contributed by atoms with Crippen LogP contribution in [0.3, 0.4) is 0 Å². The van der Waals surface area contributed by atoms with Crippen molar-refractivity contribution in [3.8, 4) is 11.5 Å². The third-order valence-corrected chi connectivity index (χ3v) is 6.15. The number of halogens is 3. The summed E-state index contributed by atoms with van der Waals surface area (Å²) in [5, 5.41) is 12.6. The zero-order chi connectivity index (χ0) is 23.1. The SMILES string of the molecule is C=CCn1c(COc2ccccc2OC)nnc1SCC(=O)Nc1cc(Cl)c(Cl)cc1Cl. The first-order valence-electron chi connectivity index (χ1n) is 9.29. The van der Waals surface area contributed by atoms with E-state index in [2.05, 4.69) is 22.1 Å². The minimum atomic E-state index is -0.282. The van der Waals surface area contributed by atoms with Gasteiger partial charge in [-0.25, -0.2) is 0 Å². The topological polar surface area (TPSA) is 78.3 Å². The molecule has 1 heterocycles. The molecule has 32 heavy (non-hydrogen) atoms. The first-order chi connectivity index (χ1) is 15.4. The molecule has 0 atom stereocenters. The molecule has 0 saturated carbocycles. The summed E-state index contributed by atoms with van der Waals surface area (Å²) in [7, 11) is 1.58. The summed E-state index contributed by atoms with van der Waals surface area (Å²) >= 11 is 19.3. The molecule has 1 amide bonds. The second-order valence-electron chi connectivity index (χ2n) is 6.32. The second kappa shape index (κ2) is 11.5. The van der Waals surface area contributed by atoms with Gasteiger partial charge >= 0.3 is 0 Å². The summed E-state index contributed by atoms with van der Waals surface area (Å²) in [6.45, 7) is 4.41. The minimum Gasteiger partial charge on any atom is -0.493 e. The number of ether oxygens (including phenoxy) is 2. The summed E-state index contributed by atoms with van der Waals surface area (Å²) in [4.78, 5) is 12.4. The van der Waals surface area contributed by atoms with Gasteiger partial charge in [-0.2, -0.15) is 0 Å². The minimum absolute atomic E-state index is 0.0826. The fraction of sp³-hybridized carbons (Fsp3) is 0.190. The normalized spacial score (nSPS) is 10.6. The van der Waals surface area contributed by atoms with Crippen molar-refractivity contribution in [2.75, 3.05) is 18.2 Å². The maximum atomic E-state index is 12.4. The highest BCUT2D eigenvalue weighted by Crippen LogP contribution is 2.32. The Balaban J connectivity index is 1.65. The largest absolute Gasteiger partial charge is 0.493 e. The molecule has 7 nitrogen and oxygen atoms in total. The number of benzene rings is 2. The lowest BCUT2D eigenvalue weighted by atomic mass is 10.3. The van der Waals surface area contributed by atoms with Crippen molar-refractivity contribution >= 4 is 58.2 Å². The highest BCUT2D eigenvalue weighted by atomic mass is 35.5. The lowest BCUT2D eigenvalue weighted by molar-refractivity contribution is -0.113. The molecule has 0 saturated heterocycles. The lowest BCUT2D eigenvalue weighted by Gasteiger charge is -2.11. The van der Waals surface area contributed by atoms with Gasteiger partial charge in [0, 0.05) is 6.54 Å². The molecule has 1 N–H and O–H groups in total. The van der Waals surface area contributed by atoms with Crippen LogP contribution in [0.25, 0.3) is 0 Å². The lowest BCUT2D eigenvalue weighted by Crippen LogP contribution is -2.15. The van der Waals surface area contributed by atoms with Crippen LogP contribution in [0.2, 0.25) is 15.1 Å². The van der Waals surface area contributed by atoms with E-state index in [9.17, 15) is 4.79 Å². The van der Waals surface area contributed by atoms with E-state index in [0.29, 0.717) is 49.8 Å². The van der Waals surface area contributed by atoms with Crippen molar-refractivity contribution in [3.05, 3.63) is 69.9 Å². The monoisotopic (exact) mass is 512 g/mol. The summed E-state index contributed by atoms with van der Waals surface area (Å²) in [6, 6.07) is 10.3. The molecule has 168 valence electrons. The Labute approximate surface area is 204 Å². The molecule has 0 spiro atoms. The zero-order valence-electron chi connectivity index (χ0n) is 17.0. The standard InChI is InChI=1S/C21H19Cl3N4O3S/c1-3-8-28-19(11-31-18-7-5-4-6-17(18)30-2)26-27-21(28)32-12-20(29)25-16-10-14(23)13(22)9-15(16)24/h3-7,9-10H,1,8,11-12H2,2H3,(H,25,29). The molecule has 0 aliphatic rings. The van der Waals surface area contributed by atoms with Gasteiger partial charge in [-0.1, -0.05) is 64.8 Å². The highest BCUT2D eigenvalue weighted by molar-refractivity contribution is 7.99. The Bertz CT molecular complexity index is 1120. The summed E-state index contributed by atoms with van der Waals surface area (Å²) in [5.41, 5.74) is 0.380. The Morgan fingerprint density at radius 1 is 1.16 bits per heavy atom. The number of nitrogens with one attached hydrogen (secondary N) is 1. The smallest absolute Gasteiger partial charge is 0.234 e. The van der Waals surface area contributed by atoms with Gasteiger partial charge in [0.05, 0.1) is 33.6 Å². The van der Waals surface area contributed by atoms with Gasteiger partial charge in [-0.05, 0) is 24.3 Å². The predicted molar refractivity (Wildman–Crippen MR) is 128 cm³/mol. The van der Waals surface area contributed by atoms with Gasteiger partial charge < -0.3 is 14.8 Å². The molecule has 0 unspecified atom stereocenters. The van der Waals surface area contributed by atoms with Crippen molar-refractivity contribution in [2.24, 2.45) is 0 Å². The van der Waals surface area contributed by atoms with Crippen molar-refractivity contribution in [2.45, 2.75) is 18.3 Å². The number of hydrogen-bond acceptors (Lipinski definition) is 6. The molecule has 1 aromatic heterocycles. The number of carbonyl (C=O) groups excluding carboxylic acids is 1. The van der Waals surface area contributed by atoms with Crippen molar-refractivity contribution < 1.29 is 14.3 Å². The predicted octanol–water partition coefficient (Wildman–Crippen LogP) is 5.74. The van der Waals surface area contributed by atoms with Crippen molar-refractivity contribution in [1.82, 2.24) is 14.8 Å². The van der Waals surface area contributed by atoms with E-state index in [-0.39, 0.29) is 18.3 Å².